The fraction of sp³-hybridized carbons (Fsp3) is 0.118. The summed E-state index contributed by atoms with van der Waals surface area (Å²) in [6, 6.07) is 11.8. The van der Waals surface area contributed by atoms with Crippen molar-refractivity contribution in [2.75, 3.05) is 0 Å². The molecule has 0 fully saturated rings. The Morgan fingerprint density at radius 2 is 1.78 bits per heavy atom. The quantitative estimate of drug-likeness (QED) is 0.708. The lowest BCUT2D eigenvalue weighted by atomic mass is 9.98. The number of rotatable bonds is 2. The summed E-state index contributed by atoms with van der Waals surface area (Å²) in [6.07, 6.45) is -4.51. The highest BCUT2D eigenvalue weighted by molar-refractivity contribution is 6.35. The number of aliphatic hydroxyl groups excluding tert-OH is 1. The van der Waals surface area contributed by atoms with E-state index in [0.29, 0.717) is 21.5 Å². The second kappa shape index (κ2) is 5.83. The summed E-state index contributed by atoms with van der Waals surface area (Å²) in [5.74, 6) is 0. The first kappa shape index (κ1) is 15.8. The zero-order chi connectivity index (χ0) is 16.6. The number of benzene rings is 2. The number of para-hydroxylation sites is 1. The minimum absolute atomic E-state index is 0.0779. The molecule has 118 valence electrons. The van der Waals surface area contributed by atoms with E-state index in [1.165, 1.54) is 18.2 Å². The molecule has 3 aromatic rings. The van der Waals surface area contributed by atoms with Crippen LogP contribution in [0.15, 0.2) is 48.5 Å². The molecule has 0 bridgehead atoms. The van der Waals surface area contributed by atoms with Gasteiger partial charge in [-0.25, -0.2) is 4.98 Å². The van der Waals surface area contributed by atoms with Crippen LogP contribution in [0.5, 0.6) is 0 Å². The van der Waals surface area contributed by atoms with Crippen molar-refractivity contribution in [3.05, 3.63) is 64.7 Å². The van der Waals surface area contributed by atoms with Gasteiger partial charge in [-0.05, 0) is 18.2 Å². The molecule has 2 aromatic carbocycles. The number of alkyl halides is 3. The smallest absolute Gasteiger partial charge is 0.392 e. The van der Waals surface area contributed by atoms with Gasteiger partial charge in [-0.1, -0.05) is 41.9 Å². The van der Waals surface area contributed by atoms with Crippen LogP contribution in [-0.2, 0) is 12.8 Å². The van der Waals surface area contributed by atoms with Crippen LogP contribution in [0.4, 0.5) is 13.2 Å². The largest absolute Gasteiger partial charge is 0.417 e. The highest BCUT2D eigenvalue weighted by Gasteiger charge is 2.34. The monoisotopic (exact) mass is 337 g/mol. The number of halogens is 4. The van der Waals surface area contributed by atoms with Gasteiger partial charge in [0.1, 0.15) is 0 Å². The van der Waals surface area contributed by atoms with E-state index in [-0.39, 0.29) is 11.3 Å². The topological polar surface area (TPSA) is 33.1 Å². The van der Waals surface area contributed by atoms with E-state index >= 15 is 0 Å². The minimum atomic E-state index is -4.51. The first-order valence-electron chi connectivity index (χ1n) is 6.77. The maximum absolute atomic E-state index is 13.2. The maximum atomic E-state index is 13.2. The highest BCUT2D eigenvalue weighted by atomic mass is 35.5. The Bertz CT molecular complexity index is 877. The van der Waals surface area contributed by atoms with Crippen molar-refractivity contribution < 1.29 is 18.3 Å². The average Bonchev–Trinajstić information content (AvgIpc) is 2.53. The van der Waals surface area contributed by atoms with Crippen LogP contribution in [0.3, 0.4) is 0 Å². The minimum Gasteiger partial charge on any atom is -0.392 e. The van der Waals surface area contributed by atoms with Crippen molar-refractivity contribution in [1.82, 2.24) is 4.98 Å². The van der Waals surface area contributed by atoms with E-state index < -0.39 is 18.3 Å². The van der Waals surface area contributed by atoms with Gasteiger partial charge in [0, 0.05) is 16.5 Å². The first-order chi connectivity index (χ1) is 10.9. The molecule has 3 rings (SSSR count). The van der Waals surface area contributed by atoms with Crippen LogP contribution in [0, 0.1) is 0 Å². The number of hydrogen-bond donors (Lipinski definition) is 1. The van der Waals surface area contributed by atoms with Crippen LogP contribution in [0.25, 0.3) is 22.2 Å². The number of pyridine rings is 1. The summed E-state index contributed by atoms with van der Waals surface area (Å²) < 4.78 is 39.7. The third kappa shape index (κ3) is 2.90. The lowest BCUT2D eigenvalue weighted by Gasteiger charge is -2.15. The average molecular weight is 338 g/mol. The summed E-state index contributed by atoms with van der Waals surface area (Å²) >= 11 is 6.09. The van der Waals surface area contributed by atoms with Crippen molar-refractivity contribution >= 4 is 22.5 Å². The second-order valence-electron chi connectivity index (χ2n) is 5.01. The Labute approximate surface area is 135 Å². The van der Waals surface area contributed by atoms with Gasteiger partial charge in [0.15, 0.2) is 0 Å². The lowest BCUT2D eigenvalue weighted by molar-refractivity contribution is -0.137. The Balaban J connectivity index is 2.34. The molecule has 0 aliphatic carbocycles. The van der Waals surface area contributed by atoms with Crippen LogP contribution in [-0.4, -0.2) is 10.1 Å². The molecule has 6 heteroatoms. The Kier molecular flexibility index (Phi) is 4.00. The molecule has 0 aliphatic heterocycles. The molecule has 0 amide bonds. The fourth-order valence-corrected chi connectivity index (χ4v) is 2.72. The number of aromatic nitrogens is 1. The van der Waals surface area contributed by atoms with Crippen LogP contribution >= 0.6 is 11.6 Å². The molecule has 0 radical (unpaired) electrons. The first-order valence-corrected chi connectivity index (χ1v) is 7.15. The van der Waals surface area contributed by atoms with Gasteiger partial charge in [-0.3, -0.25) is 0 Å². The molecule has 0 saturated heterocycles. The van der Waals surface area contributed by atoms with E-state index in [9.17, 15) is 18.3 Å². The Morgan fingerprint density at radius 1 is 1.04 bits per heavy atom. The number of fused-ring (bicyclic) bond motifs is 1. The van der Waals surface area contributed by atoms with Gasteiger partial charge in [0.05, 0.1) is 28.4 Å². The lowest BCUT2D eigenvalue weighted by Crippen LogP contribution is -2.08. The van der Waals surface area contributed by atoms with E-state index in [2.05, 4.69) is 4.98 Å². The molecule has 1 aromatic heterocycles. The highest BCUT2D eigenvalue weighted by Crippen LogP contribution is 2.38. The van der Waals surface area contributed by atoms with E-state index in [1.807, 2.05) is 0 Å². The number of aliphatic hydroxyl groups is 1. The van der Waals surface area contributed by atoms with E-state index in [0.717, 1.165) is 6.07 Å². The second-order valence-corrected chi connectivity index (χ2v) is 5.42. The SMILES string of the molecule is OCc1cc2cccc(Cl)c2nc1-c1ccccc1C(F)(F)F. The van der Waals surface area contributed by atoms with Crippen molar-refractivity contribution in [2.45, 2.75) is 12.8 Å². The molecule has 1 heterocycles. The predicted octanol–water partition coefficient (Wildman–Crippen LogP) is 5.07. The van der Waals surface area contributed by atoms with Gasteiger partial charge >= 0.3 is 6.18 Å². The zero-order valence-corrected chi connectivity index (χ0v) is 12.5. The molecule has 0 atom stereocenters. The molecule has 0 aliphatic rings. The third-order valence-corrected chi connectivity index (χ3v) is 3.84. The zero-order valence-electron chi connectivity index (χ0n) is 11.7. The van der Waals surface area contributed by atoms with E-state index in [1.54, 1.807) is 24.3 Å². The standard InChI is InChI=1S/C17H11ClF3NO/c18-14-7-3-4-10-8-11(9-23)15(22-16(10)14)12-5-1-2-6-13(12)17(19,20)21/h1-8,23H,9H2. The van der Waals surface area contributed by atoms with E-state index in [4.69, 9.17) is 11.6 Å². The molecule has 0 unspecified atom stereocenters. The van der Waals surface area contributed by atoms with Crippen molar-refractivity contribution in [1.29, 1.82) is 0 Å². The van der Waals surface area contributed by atoms with Crippen LogP contribution in [0.2, 0.25) is 5.02 Å². The van der Waals surface area contributed by atoms with Crippen molar-refractivity contribution in [3.63, 3.8) is 0 Å². The van der Waals surface area contributed by atoms with Crippen LogP contribution < -0.4 is 0 Å². The number of nitrogens with zero attached hydrogens (tertiary/aromatic N) is 1. The fourth-order valence-electron chi connectivity index (χ4n) is 2.50. The summed E-state index contributed by atoms with van der Waals surface area (Å²) in [6.45, 7) is -0.420. The van der Waals surface area contributed by atoms with Gasteiger partial charge < -0.3 is 5.11 Å². The van der Waals surface area contributed by atoms with Crippen LogP contribution in [0.1, 0.15) is 11.1 Å². The molecule has 0 spiro atoms. The van der Waals surface area contributed by atoms with Crippen molar-refractivity contribution in [3.8, 4) is 11.3 Å². The third-order valence-electron chi connectivity index (χ3n) is 3.53. The normalized spacial score (nSPS) is 11.9. The summed E-state index contributed by atoms with van der Waals surface area (Å²) in [5.41, 5.74) is -0.0738. The van der Waals surface area contributed by atoms with Gasteiger partial charge in [-0.15, -0.1) is 0 Å². The Hall–Kier alpha value is -2.11. The molecule has 2 nitrogen and oxygen atoms in total. The number of hydrogen-bond acceptors (Lipinski definition) is 2. The van der Waals surface area contributed by atoms with Crippen molar-refractivity contribution in [2.24, 2.45) is 0 Å². The summed E-state index contributed by atoms with van der Waals surface area (Å²) in [5, 5.41) is 10.6. The van der Waals surface area contributed by atoms with Gasteiger partial charge in [0.25, 0.3) is 0 Å². The molecular weight excluding hydrogens is 327 g/mol. The molecule has 1 N–H and O–H groups in total. The van der Waals surface area contributed by atoms with Gasteiger partial charge in [-0.2, -0.15) is 13.2 Å². The van der Waals surface area contributed by atoms with Gasteiger partial charge in [0.2, 0.25) is 0 Å². The summed E-state index contributed by atoms with van der Waals surface area (Å²) in [4.78, 5) is 4.30. The molecular formula is C17H11ClF3NO. The predicted molar refractivity (Wildman–Crippen MR) is 83.1 cm³/mol. The molecule has 23 heavy (non-hydrogen) atoms. The summed E-state index contributed by atoms with van der Waals surface area (Å²) in [7, 11) is 0. The molecule has 0 saturated carbocycles. The maximum Gasteiger partial charge on any atom is 0.417 e. The Morgan fingerprint density at radius 3 is 2.48 bits per heavy atom.